The zero-order valence-corrected chi connectivity index (χ0v) is 5.18. The third-order valence-corrected chi connectivity index (χ3v) is 1.09. The van der Waals surface area contributed by atoms with E-state index in [2.05, 4.69) is 6.07 Å². The summed E-state index contributed by atoms with van der Waals surface area (Å²) in [4.78, 5) is 0. The molecule has 0 spiro atoms. The van der Waals surface area contributed by atoms with Gasteiger partial charge in [0.05, 0.1) is 5.02 Å². The third-order valence-electron chi connectivity index (χ3n) is 0.873. The molecular formula is C6H4ClO2. The van der Waals surface area contributed by atoms with E-state index in [1.54, 1.807) is 0 Å². The van der Waals surface area contributed by atoms with E-state index in [1.807, 2.05) is 0 Å². The van der Waals surface area contributed by atoms with Crippen molar-refractivity contribution >= 4 is 11.6 Å². The van der Waals surface area contributed by atoms with Crippen LogP contribution in [0.15, 0.2) is 12.1 Å². The average Bonchev–Trinajstić information content (AvgIpc) is 1.80. The van der Waals surface area contributed by atoms with E-state index in [0.717, 1.165) is 0 Å². The lowest BCUT2D eigenvalue weighted by Crippen LogP contribution is -1.67. The van der Waals surface area contributed by atoms with Crippen molar-refractivity contribution in [1.29, 1.82) is 0 Å². The molecule has 2 N–H and O–H groups in total. The van der Waals surface area contributed by atoms with Crippen LogP contribution in [0.3, 0.4) is 0 Å². The molecule has 1 radical (unpaired) electrons. The minimum atomic E-state index is -0.223. The van der Waals surface area contributed by atoms with Crippen LogP contribution in [0.1, 0.15) is 0 Å². The molecule has 3 heteroatoms. The molecule has 0 aromatic heterocycles. The van der Waals surface area contributed by atoms with Crippen LogP contribution in [0.25, 0.3) is 0 Å². The van der Waals surface area contributed by atoms with Gasteiger partial charge in [-0.15, -0.1) is 0 Å². The molecule has 0 amide bonds. The number of phenolic OH excluding ortho intramolecular Hbond substituents is 2. The molecule has 47 valence electrons. The van der Waals surface area contributed by atoms with Gasteiger partial charge in [-0.3, -0.25) is 0 Å². The molecule has 2 nitrogen and oxygen atoms in total. The summed E-state index contributed by atoms with van der Waals surface area (Å²) in [5.41, 5.74) is 0. The molecule has 0 aliphatic rings. The van der Waals surface area contributed by atoms with E-state index in [4.69, 9.17) is 21.8 Å². The number of halogens is 1. The van der Waals surface area contributed by atoms with Crippen molar-refractivity contribution in [3.63, 3.8) is 0 Å². The van der Waals surface area contributed by atoms with Crippen molar-refractivity contribution in [2.45, 2.75) is 0 Å². The number of hydrogen-bond donors (Lipinski definition) is 2. The first-order valence-corrected chi connectivity index (χ1v) is 2.67. The summed E-state index contributed by atoms with van der Waals surface area (Å²) in [7, 11) is 0. The molecule has 0 heterocycles. The van der Waals surface area contributed by atoms with Crippen molar-refractivity contribution < 1.29 is 10.2 Å². The number of phenols is 2. The normalized spacial score (nSPS) is 9.44. The minimum Gasteiger partial charge on any atom is -0.504 e. The van der Waals surface area contributed by atoms with Crippen molar-refractivity contribution in [3.8, 4) is 11.5 Å². The van der Waals surface area contributed by atoms with Gasteiger partial charge in [-0.05, 0) is 6.07 Å². The Morgan fingerprint density at radius 3 is 2.44 bits per heavy atom. The first kappa shape index (κ1) is 6.23. The fourth-order valence-corrected chi connectivity index (χ4v) is 0.605. The Balaban J connectivity index is 3.17. The standard InChI is InChI=1S/C6H4ClO2/c7-4-1-2-5(8)6(9)3-4/h2-3,8-9H. The molecule has 0 fully saturated rings. The van der Waals surface area contributed by atoms with Gasteiger partial charge in [0.1, 0.15) is 0 Å². The maximum atomic E-state index is 8.75. The van der Waals surface area contributed by atoms with E-state index in [-0.39, 0.29) is 16.5 Å². The number of benzene rings is 1. The zero-order valence-electron chi connectivity index (χ0n) is 4.43. The van der Waals surface area contributed by atoms with E-state index in [9.17, 15) is 0 Å². The fraction of sp³-hybridized carbons (Fsp3) is 0. The number of rotatable bonds is 0. The van der Waals surface area contributed by atoms with Crippen LogP contribution < -0.4 is 0 Å². The highest BCUT2D eigenvalue weighted by Gasteiger charge is 1.96. The molecule has 1 aromatic rings. The summed E-state index contributed by atoms with van der Waals surface area (Å²) in [6.45, 7) is 0. The summed E-state index contributed by atoms with van der Waals surface area (Å²) in [6.07, 6.45) is 0. The lowest BCUT2D eigenvalue weighted by molar-refractivity contribution is 0.403. The molecular weight excluding hydrogens is 140 g/mol. The maximum absolute atomic E-state index is 8.75. The lowest BCUT2D eigenvalue weighted by Gasteiger charge is -1.94. The van der Waals surface area contributed by atoms with Gasteiger partial charge in [-0.25, -0.2) is 0 Å². The van der Waals surface area contributed by atoms with Crippen LogP contribution in [0.2, 0.25) is 5.02 Å². The van der Waals surface area contributed by atoms with Gasteiger partial charge in [-0.2, -0.15) is 0 Å². The van der Waals surface area contributed by atoms with Crippen molar-refractivity contribution in [3.05, 3.63) is 23.2 Å². The highest BCUT2D eigenvalue weighted by Crippen LogP contribution is 2.26. The predicted octanol–water partition coefficient (Wildman–Crippen LogP) is 1.55. The van der Waals surface area contributed by atoms with Gasteiger partial charge in [0.25, 0.3) is 0 Å². The minimum absolute atomic E-state index is 0.209. The second kappa shape index (κ2) is 2.15. The van der Waals surface area contributed by atoms with Crippen LogP contribution in [-0.2, 0) is 0 Å². The van der Waals surface area contributed by atoms with E-state index in [1.165, 1.54) is 12.1 Å². The van der Waals surface area contributed by atoms with Crippen molar-refractivity contribution in [1.82, 2.24) is 0 Å². The Morgan fingerprint density at radius 1 is 1.33 bits per heavy atom. The maximum Gasteiger partial charge on any atom is 0.158 e. The summed E-state index contributed by atoms with van der Waals surface area (Å²) in [5.74, 6) is -0.432. The van der Waals surface area contributed by atoms with Gasteiger partial charge in [-0.1, -0.05) is 11.6 Å². The van der Waals surface area contributed by atoms with Crippen LogP contribution in [-0.4, -0.2) is 10.2 Å². The van der Waals surface area contributed by atoms with Crippen molar-refractivity contribution in [2.75, 3.05) is 0 Å². The molecule has 0 saturated carbocycles. The van der Waals surface area contributed by atoms with Gasteiger partial charge < -0.3 is 10.2 Å². The Labute approximate surface area is 57.3 Å². The molecule has 0 unspecified atom stereocenters. The van der Waals surface area contributed by atoms with Gasteiger partial charge >= 0.3 is 0 Å². The summed E-state index contributed by atoms with van der Waals surface area (Å²) in [6, 6.07) is 4.92. The summed E-state index contributed by atoms with van der Waals surface area (Å²) < 4.78 is 0. The highest BCUT2D eigenvalue weighted by molar-refractivity contribution is 6.30. The number of hydrogen-bond acceptors (Lipinski definition) is 2. The van der Waals surface area contributed by atoms with Gasteiger partial charge in [0.2, 0.25) is 0 Å². The Morgan fingerprint density at radius 2 is 2.00 bits per heavy atom. The fourth-order valence-electron chi connectivity index (χ4n) is 0.447. The average molecular weight is 144 g/mol. The molecule has 0 aliphatic heterocycles. The molecule has 0 atom stereocenters. The van der Waals surface area contributed by atoms with Crippen LogP contribution in [0.5, 0.6) is 11.5 Å². The second-order valence-electron chi connectivity index (χ2n) is 1.55. The lowest BCUT2D eigenvalue weighted by atomic mass is 10.3. The molecule has 1 aromatic carbocycles. The molecule has 9 heavy (non-hydrogen) atoms. The van der Waals surface area contributed by atoms with Crippen LogP contribution in [0.4, 0.5) is 0 Å². The first-order valence-electron chi connectivity index (χ1n) is 2.29. The quantitative estimate of drug-likeness (QED) is 0.541. The first-order chi connectivity index (χ1) is 4.20. The monoisotopic (exact) mass is 143 g/mol. The topological polar surface area (TPSA) is 40.5 Å². The summed E-state index contributed by atoms with van der Waals surface area (Å²) >= 11 is 5.39. The van der Waals surface area contributed by atoms with Gasteiger partial charge in [0.15, 0.2) is 11.5 Å². The molecule has 0 bridgehead atoms. The Hall–Kier alpha value is -0.890. The second-order valence-corrected chi connectivity index (χ2v) is 1.96. The highest BCUT2D eigenvalue weighted by atomic mass is 35.5. The smallest absolute Gasteiger partial charge is 0.158 e. The van der Waals surface area contributed by atoms with Gasteiger partial charge in [0, 0.05) is 12.1 Å². The Bertz CT molecular complexity index is 222. The van der Waals surface area contributed by atoms with E-state index in [0.29, 0.717) is 0 Å². The van der Waals surface area contributed by atoms with Crippen LogP contribution in [0, 0.1) is 6.07 Å². The Kier molecular flexibility index (Phi) is 1.49. The zero-order chi connectivity index (χ0) is 6.85. The summed E-state index contributed by atoms with van der Waals surface area (Å²) in [5, 5.41) is 17.7. The molecule has 1 rings (SSSR count). The van der Waals surface area contributed by atoms with Crippen LogP contribution >= 0.6 is 11.6 Å². The van der Waals surface area contributed by atoms with Crippen molar-refractivity contribution in [2.24, 2.45) is 0 Å². The van der Waals surface area contributed by atoms with E-state index < -0.39 is 0 Å². The number of aromatic hydroxyl groups is 2. The largest absolute Gasteiger partial charge is 0.504 e. The predicted molar refractivity (Wildman–Crippen MR) is 33.6 cm³/mol. The molecule has 0 saturated heterocycles. The SMILES string of the molecule is Oc1c[c]c(Cl)cc1O. The van der Waals surface area contributed by atoms with E-state index >= 15 is 0 Å². The molecule has 0 aliphatic carbocycles. The third kappa shape index (κ3) is 1.27.